The zero-order valence-corrected chi connectivity index (χ0v) is 31.6. The maximum Gasteiger partial charge on any atom is 0.332 e. The van der Waals surface area contributed by atoms with Crippen LogP contribution < -0.4 is 20.5 Å². The molecule has 2 saturated heterocycles. The first-order chi connectivity index (χ1) is 26.4. The highest BCUT2D eigenvalue weighted by Gasteiger charge is 2.62. The average molecular weight is 752 g/mol. The van der Waals surface area contributed by atoms with E-state index in [4.69, 9.17) is 24.9 Å². The second-order valence-corrected chi connectivity index (χ2v) is 14.6. The Morgan fingerprint density at radius 2 is 1.84 bits per heavy atom. The van der Waals surface area contributed by atoms with Gasteiger partial charge in [-0.05, 0) is 51.7 Å². The highest BCUT2D eigenvalue weighted by Crippen LogP contribution is 2.46. The summed E-state index contributed by atoms with van der Waals surface area (Å²) < 4.78 is 17.5. The number of nitrogens with zero attached hydrogens (tertiary/aromatic N) is 3. The smallest absolute Gasteiger partial charge is 0.332 e. The Morgan fingerprint density at radius 3 is 2.49 bits per heavy atom. The van der Waals surface area contributed by atoms with Crippen LogP contribution in [0.2, 0.25) is 0 Å². The van der Waals surface area contributed by atoms with E-state index in [1.54, 1.807) is 33.1 Å². The molecule has 290 valence electrons. The molecule has 0 radical (unpaired) electrons. The summed E-state index contributed by atoms with van der Waals surface area (Å²) in [5.74, 6) is -2.82. The quantitative estimate of drug-likeness (QED) is 0.180. The predicted molar refractivity (Wildman–Crippen MR) is 206 cm³/mol. The van der Waals surface area contributed by atoms with E-state index in [0.717, 1.165) is 12.0 Å². The molecule has 3 N–H and O–H groups in total. The molecule has 1 aromatic heterocycles. The Balaban J connectivity index is 1.33. The Hall–Kier alpha value is -5.72. The molecule has 3 aliphatic rings. The SMILES string of the molecule is C=CC1CC1(NC(=O)[C@@H]1C[C@@H](Oc2cc(-c3ccccc3)nc3cc(OC)ccc23)CN1C(=O)[C@@H](CC(=O)N1CCCCC1C(N)=O)C(=C)C)C(=O)OCC. The number of piperidine rings is 1. The molecule has 55 heavy (non-hydrogen) atoms. The molecule has 3 heterocycles. The van der Waals surface area contributed by atoms with Crippen molar-refractivity contribution in [2.45, 2.75) is 76.1 Å². The number of primary amides is 1. The lowest BCUT2D eigenvalue weighted by Crippen LogP contribution is -2.54. The Kier molecular flexibility index (Phi) is 11.6. The van der Waals surface area contributed by atoms with E-state index in [1.165, 1.54) is 9.80 Å². The van der Waals surface area contributed by atoms with Crippen molar-refractivity contribution in [2.24, 2.45) is 17.6 Å². The monoisotopic (exact) mass is 751 g/mol. The first-order valence-corrected chi connectivity index (χ1v) is 18.8. The molecule has 3 unspecified atom stereocenters. The van der Waals surface area contributed by atoms with Gasteiger partial charge in [0.2, 0.25) is 23.6 Å². The summed E-state index contributed by atoms with van der Waals surface area (Å²) in [6, 6.07) is 15.1. The van der Waals surface area contributed by atoms with E-state index in [2.05, 4.69) is 18.5 Å². The number of rotatable bonds is 14. The van der Waals surface area contributed by atoms with Crippen molar-refractivity contribution in [1.82, 2.24) is 20.1 Å². The number of nitrogens with one attached hydrogen (secondary N) is 1. The van der Waals surface area contributed by atoms with Gasteiger partial charge < -0.3 is 35.1 Å². The van der Waals surface area contributed by atoms with Gasteiger partial charge in [0.1, 0.15) is 35.2 Å². The van der Waals surface area contributed by atoms with Gasteiger partial charge in [-0.1, -0.05) is 48.6 Å². The van der Waals surface area contributed by atoms with Gasteiger partial charge in [-0.2, -0.15) is 0 Å². The number of carbonyl (C=O) groups excluding carboxylic acids is 5. The van der Waals surface area contributed by atoms with Crippen LogP contribution in [0.15, 0.2) is 79.4 Å². The number of hydrogen-bond acceptors (Lipinski definition) is 9. The molecule has 2 aliphatic heterocycles. The van der Waals surface area contributed by atoms with Crippen molar-refractivity contribution in [3.8, 4) is 22.8 Å². The molecule has 13 heteroatoms. The number of aromatic nitrogens is 1. The summed E-state index contributed by atoms with van der Waals surface area (Å²) >= 11 is 0. The molecule has 3 fully saturated rings. The lowest BCUT2D eigenvalue weighted by molar-refractivity contribution is -0.150. The lowest BCUT2D eigenvalue weighted by Gasteiger charge is -2.35. The van der Waals surface area contributed by atoms with Crippen molar-refractivity contribution < 1.29 is 38.2 Å². The number of pyridine rings is 1. The average Bonchev–Trinajstić information content (AvgIpc) is 3.75. The number of ether oxygens (including phenoxy) is 3. The van der Waals surface area contributed by atoms with E-state index in [0.29, 0.717) is 59.5 Å². The normalized spacial score (nSPS) is 23.7. The van der Waals surface area contributed by atoms with E-state index >= 15 is 0 Å². The highest BCUT2D eigenvalue weighted by molar-refractivity contribution is 5.97. The third kappa shape index (κ3) is 8.06. The fraction of sp³-hybridized carbons (Fsp3) is 0.429. The Bertz CT molecular complexity index is 2000. The van der Waals surface area contributed by atoms with E-state index in [-0.39, 0.29) is 31.9 Å². The molecule has 4 amide bonds. The van der Waals surface area contributed by atoms with Crippen LogP contribution in [0.4, 0.5) is 0 Å². The van der Waals surface area contributed by atoms with Crippen LogP contribution >= 0.6 is 0 Å². The number of methoxy groups -OCH3 is 1. The molecule has 13 nitrogen and oxygen atoms in total. The summed E-state index contributed by atoms with van der Waals surface area (Å²) in [5, 5.41) is 3.61. The van der Waals surface area contributed by atoms with Crippen LogP contribution in [0.1, 0.15) is 52.4 Å². The fourth-order valence-electron chi connectivity index (χ4n) is 7.77. The lowest BCUT2D eigenvalue weighted by atomic mass is 9.93. The van der Waals surface area contributed by atoms with Crippen molar-refractivity contribution in [3.63, 3.8) is 0 Å². The summed E-state index contributed by atoms with van der Waals surface area (Å²) in [5.41, 5.74) is 6.93. The standard InChI is InChI=1S/C42H49N5O8/c1-6-27-23-42(27,41(52)54-7-2)45-39(50)35-20-29(24-47(35)40(51)31(25(3)4)21-37(48)46-18-12-11-15-34(46)38(43)49)55-36-22-32(26-13-9-8-10-14-26)44-33-19-28(53-5)16-17-30(33)36/h6,8-10,13-14,16-17,19,22,27,29,31,34-35H,1,3,7,11-12,15,18,20-21,23-24H2,2,4-5H3,(H2,43,49)(H,45,50)/t27?,29-,31+,34?,35+,42?/m1/s1. The largest absolute Gasteiger partial charge is 0.497 e. The zero-order valence-electron chi connectivity index (χ0n) is 31.6. The molecule has 3 aromatic rings. The van der Waals surface area contributed by atoms with Crippen LogP contribution in [0.5, 0.6) is 11.5 Å². The number of fused-ring (bicyclic) bond motifs is 1. The maximum atomic E-state index is 14.6. The van der Waals surface area contributed by atoms with Gasteiger partial charge in [0.05, 0.1) is 37.4 Å². The van der Waals surface area contributed by atoms with Crippen molar-refractivity contribution in [1.29, 1.82) is 0 Å². The summed E-state index contributed by atoms with van der Waals surface area (Å²) in [6.45, 7) is 11.7. The van der Waals surface area contributed by atoms with Crippen molar-refractivity contribution >= 4 is 40.5 Å². The predicted octanol–water partition coefficient (Wildman–Crippen LogP) is 4.33. The van der Waals surface area contributed by atoms with Crippen LogP contribution in [-0.2, 0) is 28.7 Å². The molecule has 6 atom stereocenters. The Morgan fingerprint density at radius 1 is 1.07 bits per heavy atom. The molecular formula is C42H49N5O8. The number of hydrogen-bond donors (Lipinski definition) is 2. The fourth-order valence-corrected chi connectivity index (χ4v) is 7.77. The minimum absolute atomic E-state index is 0.000447. The topological polar surface area (TPSA) is 170 Å². The third-order valence-corrected chi connectivity index (χ3v) is 10.9. The molecular weight excluding hydrogens is 702 g/mol. The van der Waals surface area contributed by atoms with Gasteiger partial charge in [0.25, 0.3) is 0 Å². The summed E-state index contributed by atoms with van der Waals surface area (Å²) in [4.78, 5) is 75.8. The number of nitrogens with two attached hydrogens (primary N) is 1. The number of benzene rings is 2. The van der Waals surface area contributed by atoms with Crippen molar-refractivity contribution in [3.05, 3.63) is 79.4 Å². The third-order valence-electron chi connectivity index (χ3n) is 10.9. The van der Waals surface area contributed by atoms with E-state index in [9.17, 15) is 24.0 Å². The zero-order chi connectivity index (χ0) is 39.4. The number of likely N-dealkylation sites (tertiary alicyclic amines) is 2. The summed E-state index contributed by atoms with van der Waals surface area (Å²) in [7, 11) is 1.58. The minimum Gasteiger partial charge on any atom is -0.497 e. The van der Waals surface area contributed by atoms with Gasteiger partial charge in [-0.25, -0.2) is 9.78 Å². The van der Waals surface area contributed by atoms with Gasteiger partial charge in [-0.3, -0.25) is 19.2 Å². The van der Waals surface area contributed by atoms with Crippen LogP contribution in [-0.4, -0.2) is 94.9 Å². The van der Waals surface area contributed by atoms with Gasteiger partial charge in [-0.15, -0.1) is 6.58 Å². The number of esters is 1. The van der Waals surface area contributed by atoms with E-state index < -0.39 is 59.2 Å². The van der Waals surface area contributed by atoms with E-state index in [1.807, 2.05) is 48.5 Å². The number of amides is 4. The number of carbonyl (C=O) groups is 5. The second kappa shape index (κ2) is 16.3. The first kappa shape index (κ1) is 39.0. The van der Waals surface area contributed by atoms with Gasteiger partial charge >= 0.3 is 5.97 Å². The molecule has 1 saturated carbocycles. The molecule has 0 spiro atoms. The molecule has 2 aromatic carbocycles. The van der Waals surface area contributed by atoms with Gasteiger partial charge in [0, 0.05) is 48.4 Å². The van der Waals surface area contributed by atoms with Crippen LogP contribution in [0.3, 0.4) is 0 Å². The molecule has 1 aliphatic carbocycles. The van der Waals surface area contributed by atoms with Crippen LogP contribution in [0.25, 0.3) is 22.2 Å². The molecule has 6 rings (SSSR count). The van der Waals surface area contributed by atoms with Crippen molar-refractivity contribution in [2.75, 3.05) is 26.8 Å². The second-order valence-electron chi connectivity index (χ2n) is 14.6. The van der Waals surface area contributed by atoms with Gasteiger partial charge in [0.15, 0.2) is 0 Å². The molecule has 0 bridgehead atoms. The van der Waals surface area contributed by atoms with Crippen LogP contribution in [0, 0.1) is 11.8 Å². The highest BCUT2D eigenvalue weighted by atomic mass is 16.5. The minimum atomic E-state index is -1.30. The summed E-state index contributed by atoms with van der Waals surface area (Å²) in [6.07, 6.45) is 3.01. The first-order valence-electron chi connectivity index (χ1n) is 18.8. The Labute approximate surface area is 320 Å². The maximum absolute atomic E-state index is 14.6.